The van der Waals surface area contributed by atoms with E-state index in [9.17, 15) is 8.78 Å². The summed E-state index contributed by atoms with van der Waals surface area (Å²) < 4.78 is 27.8. The minimum absolute atomic E-state index is 0.0440. The number of anilines is 2. The monoisotopic (exact) mass is 445 g/mol. The molecule has 0 bridgehead atoms. The first kappa shape index (κ1) is 21.6. The molecule has 0 saturated heterocycles. The zero-order valence-corrected chi connectivity index (χ0v) is 17.9. The number of rotatable bonds is 5. The van der Waals surface area contributed by atoms with E-state index in [1.165, 1.54) is 18.2 Å². The fourth-order valence-corrected chi connectivity index (χ4v) is 4.42. The summed E-state index contributed by atoms with van der Waals surface area (Å²) in [5.74, 6) is -0.878. The van der Waals surface area contributed by atoms with Crippen LogP contribution in [0.25, 0.3) is 5.57 Å². The molecule has 2 aliphatic rings. The smallest absolute Gasteiger partial charge is 0.167 e. The Labute approximate surface area is 185 Å². The topological polar surface area (TPSA) is 80.2 Å². The van der Waals surface area contributed by atoms with Crippen molar-refractivity contribution in [3.63, 3.8) is 0 Å². The van der Waals surface area contributed by atoms with E-state index in [2.05, 4.69) is 15.2 Å². The van der Waals surface area contributed by atoms with Crippen molar-refractivity contribution in [1.82, 2.24) is 9.88 Å². The number of allylic oxidation sites excluding steroid dienone is 2. The molecule has 0 radical (unpaired) electrons. The average Bonchev–Trinajstić information content (AvgIpc) is 2.74. The number of benzene rings is 1. The third kappa shape index (κ3) is 4.99. The Morgan fingerprint density at radius 1 is 1.16 bits per heavy atom. The van der Waals surface area contributed by atoms with Crippen LogP contribution in [0.2, 0.25) is 0 Å². The quantitative estimate of drug-likeness (QED) is 0.626. The molecule has 1 aliphatic carbocycles. The van der Waals surface area contributed by atoms with E-state index < -0.39 is 5.82 Å². The van der Waals surface area contributed by atoms with E-state index in [0.717, 1.165) is 25.7 Å². The lowest BCUT2D eigenvalue weighted by Gasteiger charge is -2.37. The molecular weight excluding hydrogens is 420 g/mol. The minimum atomic E-state index is -0.575. The highest BCUT2D eigenvalue weighted by Crippen LogP contribution is 2.34. The van der Waals surface area contributed by atoms with Gasteiger partial charge in [-0.15, -0.1) is 0 Å². The van der Waals surface area contributed by atoms with Gasteiger partial charge in [-0.3, -0.25) is 0 Å². The van der Waals surface area contributed by atoms with Crippen LogP contribution >= 0.6 is 11.6 Å². The van der Waals surface area contributed by atoms with Crippen LogP contribution in [0.5, 0.6) is 0 Å². The molecule has 0 unspecified atom stereocenters. The number of nitrogens with one attached hydrogen (secondary N) is 1. The van der Waals surface area contributed by atoms with Gasteiger partial charge in [0.2, 0.25) is 0 Å². The highest BCUT2D eigenvalue weighted by atomic mass is 35.5. The molecule has 5 nitrogen and oxygen atoms in total. The van der Waals surface area contributed by atoms with Crippen LogP contribution in [0.4, 0.5) is 20.3 Å². The predicted octanol–water partition coefficient (Wildman–Crippen LogP) is 4.60. The lowest BCUT2D eigenvalue weighted by molar-refractivity contribution is 0.220. The Balaban J connectivity index is 1.51. The maximum Gasteiger partial charge on any atom is 0.167 e. The molecule has 1 aromatic carbocycles. The van der Waals surface area contributed by atoms with E-state index in [1.54, 1.807) is 12.1 Å². The summed E-state index contributed by atoms with van der Waals surface area (Å²) >= 11 is 6.62. The van der Waals surface area contributed by atoms with Crippen molar-refractivity contribution in [2.75, 3.05) is 17.6 Å². The molecule has 4 rings (SSSR count). The normalized spacial score (nSPS) is 21.5. The Morgan fingerprint density at radius 2 is 1.94 bits per heavy atom. The first-order chi connectivity index (χ1) is 14.9. The fourth-order valence-electron chi connectivity index (χ4n) is 4.13. The molecule has 2 heterocycles. The number of hydrogen-bond donors (Lipinski definition) is 3. The molecule has 1 fully saturated rings. The Bertz CT molecular complexity index is 1020. The fraction of sp³-hybridized carbons (Fsp3) is 0.348. The van der Waals surface area contributed by atoms with Gasteiger partial charge in [0, 0.05) is 41.5 Å². The van der Waals surface area contributed by atoms with Crippen molar-refractivity contribution < 1.29 is 8.78 Å². The zero-order valence-electron chi connectivity index (χ0n) is 17.1. The second kappa shape index (κ2) is 9.24. The molecule has 31 heavy (non-hydrogen) atoms. The molecule has 0 amide bonds. The van der Waals surface area contributed by atoms with E-state index in [-0.39, 0.29) is 29.9 Å². The van der Waals surface area contributed by atoms with Gasteiger partial charge in [-0.05, 0) is 49.5 Å². The van der Waals surface area contributed by atoms with Gasteiger partial charge in [0.05, 0.1) is 17.9 Å². The summed E-state index contributed by atoms with van der Waals surface area (Å²) in [4.78, 5) is 6.62. The van der Waals surface area contributed by atoms with E-state index >= 15 is 0 Å². The average molecular weight is 446 g/mol. The molecule has 1 aliphatic heterocycles. The summed E-state index contributed by atoms with van der Waals surface area (Å²) in [5, 5.41) is 3.53. The number of aromatic nitrogens is 1. The van der Waals surface area contributed by atoms with Crippen LogP contribution in [0.1, 0.15) is 36.9 Å². The second-order valence-electron chi connectivity index (χ2n) is 8.12. The molecule has 8 heteroatoms. The maximum absolute atomic E-state index is 14.4. The number of nitrogen functional groups attached to an aromatic ring is 1. The lowest BCUT2D eigenvalue weighted by atomic mass is 9.90. The SMILES string of the molecule is Nc1cc(F)c(NCc2cccc(F)c2)nc1C1=C(Cl)CN(C2CCC(N)CC2)C=C1. The van der Waals surface area contributed by atoms with Gasteiger partial charge in [0.15, 0.2) is 11.6 Å². The number of pyridine rings is 1. The minimum Gasteiger partial charge on any atom is -0.397 e. The zero-order chi connectivity index (χ0) is 22.0. The summed E-state index contributed by atoms with van der Waals surface area (Å²) in [6.07, 6.45) is 7.98. The molecule has 5 N–H and O–H groups in total. The van der Waals surface area contributed by atoms with E-state index in [0.29, 0.717) is 34.4 Å². The Morgan fingerprint density at radius 3 is 2.65 bits per heavy atom. The second-order valence-corrected chi connectivity index (χ2v) is 8.57. The number of hydrogen-bond acceptors (Lipinski definition) is 5. The summed E-state index contributed by atoms with van der Waals surface area (Å²) in [6, 6.07) is 8.03. The van der Waals surface area contributed by atoms with Gasteiger partial charge >= 0.3 is 0 Å². The van der Waals surface area contributed by atoms with Crippen molar-refractivity contribution in [3.05, 3.63) is 70.5 Å². The van der Waals surface area contributed by atoms with Gasteiger partial charge in [-0.1, -0.05) is 23.7 Å². The molecule has 0 spiro atoms. The van der Waals surface area contributed by atoms with Crippen LogP contribution in [0.3, 0.4) is 0 Å². The molecular formula is C23H26ClF2N5. The van der Waals surface area contributed by atoms with Crippen molar-refractivity contribution in [2.24, 2.45) is 5.73 Å². The van der Waals surface area contributed by atoms with Gasteiger partial charge < -0.3 is 21.7 Å². The predicted molar refractivity (Wildman–Crippen MR) is 121 cm³/mol. The van der Waals surface area contributed by atoms with E-state index in [4.69, 9.17) is 23.1 Å². The first-order valence-electron chi connectivity index (χ1n) is 10.4. The number of halogens is 3. The standard InChI is InChI=1S/C23H26ClF2N5/c24-19-13-31(17-6-4-16(27)5-7-17)9-8-18(19)22-21(28)11-20(26)23(30-22)29-12-14-2-1-3-15(25)10-14/h1-3,8-11,16-17H,4-7,12-13,27-28H2,(H,29,30). The van der Waals surface area contributed by atoms with Crippen LogP contribution < -0.4 is 16.8 Å². The van der Waals surface area contributed by atoms with Gasteiger partial charge in [-0.2, -0.15) is 0 Å². The lowest BCUT2D eigenvalue weighted by Crippen LogP contribution is -2.39. The highest BCUT2D eigenvalue weighted by Gasteiger charge is 2.26. The molecule has 164 valence electrons. The number of nitrogens with zero attached hydrogens (tertiary/aromatic N) is 2. The van der Waals surface area contributed by atoms with Crippen molar-refractivity contribution in [1.29, 1.82) is 0 Å². The summed E-state index contributed by atoms with van der Waals surface area (Å²) in [5.41, 5.74) is 14.1. The third-order valence-electron chi connectivity index (χ3n) is 5.87. The van der Waals surface area contributed by atoms with Crippen molar-refractivity contribution >= 4 is 28.7 Å². The highest BCUT2D eigenvalue weighted by molar-refractivity contribution is 6.33. The van der Waals surface area contributed by atoms with Crippen LogP contribution in [-0.2, 0) is 6.54 Å². The van der Waals surface area contributed by atoms with Crippen molar-refractivity contribution in [3.8, 4) is 0 Å². The Kier molecular flexibility index (Phi) is 6.43. The third-order valence-corrected chi connectivity index (χ3v) is 6.19. The van der Waals surface area contributed by atoms with Gasteiger partial charge in [0.25, 0.3) is 0 Å². The van der Waals surface area contributed by atoms with Gasteiger partial charge in [-0.25, -0.2) is 13.8 Å². The van der Waals surface area contributed by atoms with Crippen LogP contribution in [-0.4, -0.2) is 28.5 Å². The van der Waals surface area contributed by atoms with Crippen LogP contribution in [0, 0.1) is 11.6 Å². The Hall–Kier alpha value is -2.64. The van der Waals surface area contributed by atoms with Crippen LogP contribution in [0.15, 0.2) is 47.6 Å². The molecule has 2 aromatic rings. The maximum atomic E-state index is 14.4. The first-order valence-corrected chi connectivity index (χ1v) is 10.8. The summed E-state index contributed by atoms with van der Waals surface area (Å²) in [7, 11) is 0. The number of nitrogens with two attached hydrogens (primary N) is 2. The summed E-state index contributed by atoms with van der Waals surface area (Å²) in [6.45, 7) is 0.781. The van der Waals surface area contributed by atoms with Gasteiger partial charge in [0.1, 0.15) is 5.82 Å². The molecule has 1 aromatic heterocycles. The largest absolute Gasteiger partial charge is 0.397 e. The molecule has 0 atom stereocenters. The molecule has 1 saturated carbocycles. The van der Waals surface area contributed by atoms with E-state index in [1.807, 2.05) is 12.3 Å². The van der Waals surface area contributed by atoms with Crippen molar-refractivity contribution in [2.45, 2.75) is 44.3 Å².